The van der Waals surface area contributed by atoms with Gasteiger partial charge in [-0.25, -0.2) is 36.4 Å². The average molecular weight is 1580 g/mol. The van der Waals surface area contributed by atoms with Crippen molar-refractivity contribution in [1.82, 2.24) is 9.97 Å². The minimum absolute atomic E-state index is 0. The third-order valence-corrected chi connectivity index (χ3v) is 16.1. The maximum Gasteiger partial charge on any atom is 3.00 e. The van der Waals surface area contributed by atoms with E-state index in [-0.39, 0.29) is 79.5 Å². The van der Waals surface area contributed by atoms with Crippen LogP contribution in [0.4, 0.5) is 26.3 Å². The van der Waals surface area contributed by atoms with E-state index < -0.39 is 49.2 Å². The van der Waals surface area contributed by atoms with Gasteiger partial charge in [-0.3, -0.25) is 0 Å². The molecular weight excluding hydrogens is 1540 g/mol. The van der Waals surface area contributed by atoms with Crippen LogP contribution in [0.2, 0.25) is 0 Å². The Morgan fingerprint density at radius 1 is 0.510 bits per heavy atom. The number of carbonyl (C=O) groups is 3. The smallest absolute Gasteiger partial charge is 2.00 e. The van der Waals surface area contributed by atoms with Crippen molar-refractivity contribution in [2.75, 3.05) is 24.9 Å². The zero-order valence-corrected chi connectivity index (χ0v) is 58.2. The van der Waals surface area contributed by atoms with E-state index in [2.05, 4.69) is 58.5 Å². The number of rotatable bonds is 7. The minimum Gasteiger partial charge on any atom is -2.00 e. The summed E-state index contributed by atoms with van der Waals surface area (Å²) in [6.07, 6.45) is 0. The van der Waals surface area contributed by atoms with Crippen LogP contribution in [0, 0.1) is 13.8 Å². The van der Waals surface area contributed by atoms with Crippen LogP contribution in [-0.2, 0) is 69.3 Å². The van der Waals surface area contributed by atoms with Gasteiger partial charge in [0.05, 0.1) is 42.0 Å². The molecule has 0 saturated heterocycles. The van der Waals surface area contributed by atoms with E-state index in [1.807, 2.05) is 92.7 Å². The molecule has 1 radical (unpaired) electrons. The van der Waals surface area contributed by atoms with Gasteiger partial charge < -0.3 is 51.6 Å². The topological polar surface area (TPSA) is 314 Å². The molecule has 3 aliphatic carbocycles. The number of ether oxygens (including phenoxy) is 2. The standard InChI is InChI=1S/C42H24N2O8.C21H18O2.2CH2Cl2.2CHF3O3S.2Fe.O/c1-47-41(45)25-9-5-11-27-35(25)43-39(51-27)29-17-19-13-15-23-31-21-7-3-4-8-22(21)32(33(23)37(19)49-29)34-24(31)16-14-20-18-30(50-38(20)34)40-44-36-26(42(46)48-2)10-6-12-28(36)52-40;1-14-6-10-16(11-7-14)18-4-3-5-19(20(18)21(22)23)17-12-8-15(2)9-13-17;2*2-1-3;2*2-1(3,4)8(5,6)7;;;/h3-18,31-32H,1-2H3;3-13H,1-2H3,(H,22,23);2*1H2;2*(H,5,6,7);;;/q;;;;;;+2;+3;-2/p-3. The molecule has 12 aromatic rings. The number of alkyl halides is 10. The molecule has 3 aliphatic rings. The maximum absolute atomic E-state index is 12.5. The first-order valence-electron chi connectivity index (χ1n) is 27.8. The fourth-order valence-electron chi connectivity index (χ4n) is 11.0. The van der Waals surface area contributed by atoms with Gasteiger partial charge in [-0.2, -0.15) is 26.3 Å². The molecule has 8 aromatic carbocycles. The van der Waals surface area contributed by atoms with Gasteiger partial charge in [-0.1, -0.05) is 139 Å². The number of para-hydroxylation sites is 2. The summed E-state index contributed by atoms with van der Waals surface area (Å²) in [5.74, 6) is -0.968. The number of aromatic carboxylic acids is 1. The Hall–Kier alpha value is -8.25. The number of nitrogens with zero attached hydrogens (tertiary/aromatic N) is 2. The fraction of sp³-hybridized carbons (Fsp3) is 0.149. The van der Waals surface area contributed by atoms with Gasteiger partial charge in [0.2, 0.25) is 0 Å². The molecule has 2 bridgehead atoms. The van der Waals surface area contributed by atoms with Crippen molar-refractivity contribution in [2.45, 2.75) is 36.7 Å². The van der Waals surface area contributed by atoms with Crippen molar-refractivity contribution >= 4 is 129 Å². The van der Waals surface area contributed by atoms with Gasteiger partial charge in [-0.05, 0) is 94.8 Å². The molecule has 33 heteroatoms. The largest absolute Gasteiger partial charge is 3.00 e. The average Bonchev–Trinajstić information content (AvgIpc) is 1.16. The van der Waals surface area contributed by atoms with Gasteiger partial charge in [0.25, 0.3) is 11.8 Å². The number of fused-ring (bicyclic) bond motifs is 4. The molecule has 4 heterocycles. The SMILES string of the molecule is COC(=O)c1cccc2oc(-c3cc4ccc5c(c4o3)C3c4ccccc4C5c4ccc5cc(-c6nc7c(C(=O)OC)cccc7o6)oc5c43)nc12.Cc1ccc(-c2cccc(-c3ccc(C)cc3)c2C(=O)[O-])cc1.ClCCl.ClCCl.O=S(=O)([O-])C(F)(F)F.O=S(=O)([O-])C(F)(F)F.[Fe+2].[Fe+3].[O-2]. The molecule has 0 saturated carbocycles. The molecule has 0 amide bonds. The van der Waals surface area contributed by atoms with Crippen LogP contribution in [0.25, 0.3) is 89.7 Å². The third-order valence-electron chi connectivity index (χ3n) is 15.0. The quantitative estimate of drug-likeness (QED) is 0.0357. The molecule has 523 valence electrons. The molecule has 0 atom stereocenters. The number of carboxylic acid groups (broad SMARTS) is 1. The normalized spacial score (nSPS) is 13.2. The van der Waals surface area contributed by atoms with E-state index in [1.165, 1.54) is 25.3 Å². The summed E-state index contributed by atoms with van der Waals surface area (Å²) in [5, 5.41) is 14.0. The van der Waals surface area contributed by atoms with E-state index >= 15 is 0 Å². The predicted molar refractivity (Wildman–Crippen MR) is 346 cm³/mol. The Balaban J connectivity index is 0.000000271. The van der Waals surface area contributed by atoms with Crippen LogP contribution in [0.15, 0.2) is 181 Å². The molecule has 0 spiro atoms. The van der Waals surface area contributed by atoms with Gasteiger partial charge in [0.15, 0.2) is 42.9 Å². The van der Waals surface area contributed by atoms with Gasteiger partial charge in [0, 0.05) is 39.3 Å². The number of methoxy groups -OCH3 is 2. The van der Waals surface area contributed by atoms with E-state index in [1.54, 1.807) is 36.4 Å². The van der Waals surface area contributed by atoms with Crippen molar-refractivity contribution in [2.24, 2.45) is 0 Å². The summed E-state index contributed by atoms with van der Waals surface area (Å²) in [7, 11) is -9.51. The number of hydrogen-bond acceptors (Lipinski definition) is 18. The third kappa shape index (κ3) is 16.9. The number of oxazole rings is 2. The number of hydrogen-bond donors (Lipinski definition) is 0. The molecule has 0 unspecified atom stereocenters. The second kappa shape index (κ2) is 33.0. The van der Waals surface area contributed by atoms with Crippen LogP contribution in [-0.4, -0.2) is 89.7 Å². The van der Waals surface area contributed by atoms with E-state index in [0.717, 1.165) is 66.4 Å². The Morgan fingerprint density at radius 3 is 1.18 bits per heavy atom. The Kier molecular flexibility index (Phi) is 26.7. The van der Waals surface area contributed by atoms with Crippen LogP contribution >= 0.6 is 46.4 Å². The summed E-state index contributed by atoms with van der Waals surface area (Å²) in [4.78, 5) is 46.1. The number of carbonyl (C=O) groups excluding carboxylic acids is 3. The molecule has 19 nitrogen and oxygen atoms in total. The van der Waals surface area contributed by atoms with Crippen molar-refractivity contribution in [3.8, 4) is 45.6 Å². The summed E-state index contributed by atoms with van der Waals surface area (Å²) in [6.45, 7) is 4.01. The maximum atomic E-state index is 12.5. The minimum atomic E-state index is -6.09. The predicted octanol–water partition coefficient (Wildman–Crippen LogP) is 16.2. The number of halogens is 10. The Morgan fingerprint density at radius 2 is 0.850 bits per heavy atom. The Labute approximate surface area is 605 Å². The van der Waals surface area contributed by atoms with E-state index in [4.69, 9.17) is 99.5 Å². The zero-order valence-electron chi connectivity index (χ0n) is 51.3. The summed E-state index contributed by atoms with van der Waals surface area (Å²) in [5.41, 5.74) is 5.03. The van der Waals surface area contributed by atoms with Gasteiger partial charge >= 0.3 is 57.1 Å². The first-order chi connectivity index (χ1) is 45.9. The summed E-state index contributed by atoms with van der Waals surface area (Å²) >= 11 is 19.1. The molecule has 0 aliphatic heterocycles. The molecular formula is C67H45Cl4F6Fe2N2O17S2. The first-order valence-corrected chi connectivity index (χ1v) is 32.8. The summed E-state index contributed by atoms with van der Waals surface area (Å²) < 4.78 is 153. The molecule has 0 fully saturated rings. The summed E-state index contributed by atoms with van der Waals surface area (Å²) in [6, 6.07) is 52.4. The number of esters is 2. The number of benzene rings is 8. The van der Waals surface area contributed by atoms with Crippen LogP contribution in [0.3, 0.4) is 0 Å². The Bertz CT molecular complexity index is 4920. The van der Waals surface area contributed by atoms with Crippen LogP contribution in [0.5, 0.6) is 0 Å². The van der Waals surface area contributed by atoms with Gasteiger partial charge in [0.1, 0.15) is 22.2 Å². The molecule has 15 rings (SSSR count). The zero-order chi connectivity index (χ0) is 70.6. The number of aryl methyl sites for hydroxylation is 2. The van der Waals surface area contributed by atoms with Crippen LogP contribution in [0.1, 0.15) is 87.4 Å². The van der Waals surface area contributed by atoms with Crippen molar-refractivity contribution in [1.29, 1.82) is 0 Å². The van der Waals surface area contributed by atoms with E-state index in [9.17, 15) is 45.8 Å². The van der Waals surface area contributed by atoms with Gasteiger partial charge in [-0.15, -0.1) is 46.4 Å². The second-order valence-electron chi connectivity index (χ2n) is 20.8. The van der Waals surface area contributed by atoms with Crippen molar-refractivity contribution < 1.29 is 139 Å². The molecule has 4 aromatic heterocycles. The van der Waals surface area contributed by atoms with Crippen molar-refractivity contribution in [3.63, 3.8) is 0 Å². The second-order valence-corrected chi connectivity index (χ2v) is 25.1. The van der Waals surface area contributed by atoms with Crippen molar-refractivity contribution in [3.05, 3.63) is 225 Å². The number of carboxylic acids is 1. The monoisotopic (exact) mass is 1580 g/mol. The number of furan rings is 2. The first kappa shape index (κ1) is 80.7. The molecule has 0 N–H and O–H groups in total. The molecule has 100 heavy (non-hydrogen) atoms. The fourth-order valence-corrected chi connectivity index (χ4v) is 11.0. The van der Waals surface area contributed by atoms with E-state index in [0.29, 0.717) is 56.0 Å². The van der Waals surface area contributed by atoms with Crippen LogP contribution < -0.4 is 5.11 Å². The number of aromatic nitrogens is 2.